The number of ether oxygens (including phenoxy) is 1. The molecule has 2 N–H and O–H groups in total. The first-order chi connectivity index (χ1) is 5.79. The van der Waals surface area contributed by atoms with Crippen LogP contribution in [0.25, 0.3) is 0 Å². The van der Waals surface area contributed by atoms with Crippen molar-refractivity contribution in [1.29, 1.82) is 0 Å². The Hall–Kier alpha value is -0.870. The first-order valence-corrected chi connectivity index (χ1v) is 4.07. The molecule has 0 aliphatic rings. The minimum Gasteiger partial charge on any atom is -0.375 e. The SMILES string of the molecule is CCOCc1c(CN)cnn1C. The van der Waals surface area contributed by atoms with E-state index in [0.717, 1.165) is 17.9 Å². The first kappa shape index (κ1) is 9.22. The lowest BCUT2D eigenvalue weighted by Crippen LogP contribution is -2.06. The molecule has 12 heavy (non-hydrogen) atoms. The third-order valence-electron chi connectivity index (χ3n) is 1.81. The number of hydrogen-bond donors (Lipinski definition) is 1. The minimum atomic E-state index is 0.524. The highest BCUT2D eigenvalue weighted by Crippen LogP contribution is 2.07. The van der Waals surface area contributed by atoms with Crippen molar-refractivity contribution in [2.75, 3.05) is 6.61 Å². The fourth-order valence-corrected chi connectivity index (χ4v) is 1.06. The average molecular weight is 169 g/mol. The average Bonchev–Trinajstić information content (AvgIpc) is 2.43. The molecule has 0 unspecified atom stereocenters. The molecule has 0 amide bonds. The number of rotatable bonds is 4. The van der Waals surface area contributed by atoms with E-state index in [0.29, 0.717) is 13.2 Å². The standard InChI is InChI=1S/C8H15N3O/c1-3-12-6-8-7(4-9)5-10-11(8)2/h5H,3-4,6,9H2,1-2H3. The molecule has 0 saturated carbocycles. The van der Waals surface area contributed by atoms with Gasteiger partial charge >= 0.3 is 0 Å². The van der Waals surface area contributed by atoms with Crippen LogP contribution in [-0.2, 0) is 24.9 Å². The van der Waals surface area contributed by atoms with Crippen LogP contribution < -0.4 is 5.73 Å². The van der Waals surface area contributed by atoms with Gasteiger partial charge < -0.3 is 10.5 Å². The van der Waals surface area contributed by atoms with Gasteiger partial charge in [0.15, 0.2) is 0 Å². The number of aromatic nitrogens is 2. The predicted molar refractivity (Wildman–Crippen MR) is 46.4 cm³/mol. The van der Waals surface area contributed by atoms with Crippen LogP contribution >= 0.6 is 0 Å². The summed E-state index contributed by atoms with van der Waals surface area (Å²) < 4.78 is 7.09. The molecule has 4 nitrogen and oxygen atoms in total. The molecule has 0 aliphatic heterocycles. The van der Waals surface area contributed by atoms with E-state index in [1.165, 1.54) is 0 Å². The highest BCUT2D eigenvalue weighted by Gasteiger charge is 2.05. The van der Waals surface area contributed by atoms with Crippen molar-refractivity contribution < 1.29 is 4.74 Å². The maximum Gasteiger partial charge on any atom is 0.0887 e. The summed E-state index contributed by atoms with van der Waals surface area (Å²) in [7, 11) is 1.90. The zero-order chi connectivity index (χ0) is 8.97. The number of nitrogens with zero attached hydrogens (tertiary/aromatic N) is 2. The second-order valence-corrected chi connectivity index (χ2v) is 2.58. The fraction of sp³-hybridized carbons (Fsp3) is 0.625. The molecule has 0 aliphatic carbocycles. The zero-order valence-electron chi connectivity index (χ0n) is 7.58. The lowest BCUT2D eigenvalue weighted by atomic mass is 10.2. The van der Waals surface area contributed by atoms with Crippen molar-refractivity contribution in [1.82, 2.24) is 9.78 Å². The second-order valence-electron chi connectivity index (χ2n) is 2.58. The molecule has 68 valence electrons. The Morgan fingerprint density at radius 2 is 2.42 bits per heavy atom. The third-order valence-corrected chi connectivity index (χ3v) is 1.81. The first-order valence-electron chi connectivity index (χ1n) is 4.07. The second kappa shape index (κ2) is 4.23. The van der Waals surface area contributed by atoms with Crippen LogP contribution in [0.2, 0.25) is 0 Å². The molecule has 1 aromatic rings. The van der Waals surface area contributed by atoms with Crippen LogP contribution in [0.1, 0.15) is 18.2 Å². The van der Waals surface area contributed by atoms with Crippen molar-refractivity contribution in [3.63, 3.8) is 0 Å². The van der Waals surface area contributed by atoms with Crippen LogP contribution in [0.4, 0.5) is 0 Å². The smallest absolute Gasteiger partial charge is 0.0887 e. The highest BCUT2D eigenvalue weighted by molar-refractivity contribution is 5.16. The third kappa shape index (κ3) is 1.84. The van der Waals surface area contributed by atoms with Crippen LogP contribution in [-0.4, -0.2) is 16.4 Å². The Labute approximate surface area is 72.3 Å². The summed E-state index contributed by atoms with van der Waals surface area (Å²) >= 11 is 0. The van der Waals surface area contributed by atoms with Crippen LogP contribution in [0.5, 0.6) is 0 Å². The van der Waals surface area contributed by atoms with E-state index in [1.807, 2.05) is 14.0 Å². The molecule has 0 atom stereocenters. The summed E-state index contributed by atoms with van der Waals surface area (Å²) in [5.41, 5.74) is 7.66. The van der Waals surface area contributed by atoms with E-state index < -0.39 is 0 Å². The van der Waals surface area contributed by atoms with Gasteiger partial charge in [-0.25, -0.2) is 0 Å². The van der Waals surface area contributed by atoms with Gasteiger partial charge in [0.2, 0.25) is 0 Å². The number of nitrogens with two attached hydrogens (primary N) is 1. The summed E-state index contributed by atoms with van der Waals surface area (Å²) in [6.07, 6.45) is 1.79. The fourth-order valence-electron chi connectivity index (χ4n) is 1.06. The van der Waals surface area contributed by atoms with E-state index >= 15 is 0 Å². The van der Waals surface area contributed by atoms with E-state index in [-0.39, 0.29) is 0 Å². The maximum absolute atomic E-state index is 5.53. The molecule has 4 heteroatoms. The Morgan fingerprint density at radius 3 is 3.00 bits per heavy atom. The normalized spacial score (nSPS) is 10.6. The molecule has 1 heterocycles. The summed E-state index contributed by atoms with van der Waals surface area (Å²) in [5.74, 6) is 0. The molecule has 0 aromatic carbocycles. The molecule has 1 rings (SSSR count). The van der Waals surface area contributed by atoms with E-state index in [9.17, 15) is 0 Å². The molecule has 1 aromatic heterocycles. The highest BCUT2D eigenvalue weighted by atomic mass is 16.5. The monoisotopic (exact) mass is 169 g/mol. The topological polar surface area (TPSA) is 53.1 Å². The number of hydrogen-bond acceptors (Lipinski definition) is 3. The predicted octanol–water partition coefficient (Wildman–Crippen LogP) is 0.415. The van der Waals surface area contributed by atoms with E-state index in [4.69, 9.17) is 10.5 Å². The van der Waals surface area contributed by atoms with Gasteiger partial charge in [-0.3, -0.25) is 4.68 Å². The Morgan fingerprint density at radius 1 is 1.67 bits per heavy atom. The molecule has 0 fully saturated rings. The summed E-state index contributed by atoms with van der Waals surface area (Å²) in [4.78, 5) is 0. The van der Waals surface area contributed by atoms with Crippen molar-refractivity contribution in [3.8, 4) is 0 Å². The Kier molecular flexibility index (Phi) is 3.25. The van der Waals surface area contributed by atoms with E-state index in [2.05, 4.69) is 5.10 Å². The molecular weight excluding hydrogens is 154 g/mol. The summed E-state index contributed by atoms with van der Waals surface area (Å²) in [6.45, 7) is 3.81. The van der Waals surface area contributed by atoms with Gasteiger partial charge in [0.25, 0.3) is 0 Å². The van der Waals surface area contributed by atoms with Gasteiger partial charge in [-0.05, 0) is 6.92 Å². The lowest BCUT2D eigenvalue weighted by molar-refractivity contribution is 0.128. The quantitative estimate of drug-likeness (QED) is 0.710. The summed E-state index contributed by atoms with van der Waals surface area (Å²) in [6, 6.07) is 0. The van der Waals surface area contributed by atoms with Crippen molar-refractivity contribution in [3.05, 3.63) is 17.5 Å². The lowest BCUT2D eigenvalue weighted by Gasteiger charge is -2.04. The van der Waals surface area contributed by atoms with Crippen LogP contribution in [0.15, 0.2) is 6.20 Å². The summed E-state index contributed by atoms with van der Waals surface area (Å²) in [5, 5.41) is 4.10. The zero-order valence-corrected chi connectivity index (χ0v) is 7.58. The maximum atomic E-state index is 5.53. The number of aryl methyl sites for hydroxylation is 1. The van der Waals surface area contributed by atoms with Crippen molar-refractivity contribution in [2.24, 2.45) is 12.8 Å². The van der Waals surface area contributed by atoms with Gasteiger partial charge in [0, 0.05) is 25.8 Å². The largest absolute Gasteiger partial charge is 0.375 e. The Balaban J connectivity index is 2.72. The van der Waals surface area contributed by atoms with Gasteiger partial charge in [0.1, 0.15) is 0 Å². The molecule has 0 saturated heterocycles. The van der Waals surface area contributed by atoms with Gasteiger partial charge in [-0.15, -0.1) is 0 Å². The Bertz CT molecular complexity index is 244. The molecule has 0 bridgehead atoms. The van der Waals surface area contributed by atoms with Gasteiger partial charge in [-0.2, -0.15) is 5.10 Å². The van der Waals surface area contributed by atoms with Crippen molar-refractivity contribution in [2.45, 2.75) is 20.1 Å². The molecule has 0 radical (unpaired) electrons. The van der Waals surface area contributed by atoms with Gasteiger partial charge in [-0.1, -0.05) is 0 Å². The van der Waals surface area contributed by atoms with Gasteiger partial charge in [0.05, 0.1) is 18.5 Å². The minimum absolute atomic E-state index is 0.524. The van der Waals surface area contributed by atoms with Crippen molar-refractivity contribution >= 4 is 0 Å². The molecular formula is C8H15N3O. The van der Waals surface area contributed by atoms with Crippen LogP contribution in [0.3, 0.4) is 0 Å². The van der Waals surface area contributed by atoms with E-state index in [1.54, 1.807) is 10.9 Å². The molecule has 0 spiro atoms. The van der Waals surface area contributed by atoms with Crippen LogP contribution in [0, 0.1) is 0 Å².